The molecule has 1 nitrogen and oxygen atoms in total. The van der Waals surface area contributed by atoms with Crippen LogP contribution in [0.4, 0.5) is 0 Å². The van der Waals surface area contributed by atoms with Gasteiger partial charge in [0.1, 0.15) is 0 Å². The van der Waals surface area contributed by atoms with E-state index in [-0.39, 0.29) is 0 Å². The zero-order valence-electron chi connectivity index (χ0n) is 22.5. The lowest BCUT2D eigenvalue weighted by Gasteiger charge is -2.18. The monoisotopic (exact) mass is 515 g/mol. The molecular formula is C37H29NSi. The summed E-state index contributed by atoms with van der Waals surface area (Å²) < 4.78 is 2.50. The summed E-state index contributed by atoms with van der Waals surface area (Å²) in [6, 6.07) is 45.2. The van der Waals surface area contributed by atoms with Gasteiger partial charge in [-0.1, -0.05) is 128 Å². The Labute approximate surface area is 228 Å². The Morgan fingerprint density at radius 2 is 0.872 bits per heavy atom. The molecule has 7 aromatic carbocycles. The van der Waals surface area contributed by atoms with E-state index in [2.05, 4.69) is 146 Å². The van der Waals surface area contributed by atoms with Gasteiger partial charge in [0.2, 0.25) is 0 Å². The van der Waals surface area contributed by atoms with Crippen LogP contribution in [0.1, 0.15) is 0 Å². The van der Waals surface area contributed by atoms with Crippen molar-refractivity contribution >= 4 is 78.2 Å². The third-order valence-corrected chi connectivity index (χ3v) is 10.6. The van der Waals surface area contributed by atoms with Crippen molar-refractivity contribution in [1.82, 2.24) is 4.57 Å². The van der Waals surface area contributed by atoms with E-state index in [4.69, 9.17) is 0 Å². The largest absolute Gasteiger partial charge is 0.309 e. The van der Waals surface area contributed by atoms with Crippen LogP contribution in [0.2, 0.25) is 19.6 Å². The van der Waals surface area contributed by atoms with Gasteiger partial charge in [0.05, 0.1) is 19.1 Å². The van der Waals surface area contributed by atoms with Crippen LogP contribution in [0.5, 0.6) is 0 Å². The number of aromatic nitrogens is 1. The van der Waals surface area contributed by atoms with E-state index >= 15 is 0 Å². The fourth-order valence-corrected chi connectivity index (χ4v) is 7.88. The standard InChI is InChI=1S/C37H29NSi/c1-39(2,3)25-22-20-24(21-23-25)38-33-19-11-10-18-32(33)36-35-29-15-7-5-13-27(29)26-12-4-6-14-28(26)34(35)30-16-8-9-17-31(30)37(36)38/h4-23H,1-3H3. The second-order valence-corrected chi connectivity index (χ2v) is 16.8. The van der Waals surface area contributed by atoms with E-state index in [1.54, 1.807) is 0 Å². The third-order valence-electron chi connectivity index (χ3n) is 8.50. The fraction of sp³-hybridized carbons (Fsp3) is 0.0811. The lowest BCUT2D eigenvalue weighted by Crippen LogP contribution is -2.37. The van der Waals surface area contributed by atoms with Crippen molar-refractivity contribution in [3.8, 4) is 5.69 Å². The first kappa shape index (κ1) is 22.6. The maximum atomic E-state index is 2.50. The van der Waals surface area contributed by atoms with Crippen LogP contribution in [0.15, 0.2) is 121 Å². The van der Waals surface area contributed by atoms with E-state index in [1.165, 1.54) is 75.8 Å². The first-order valence-corrected chi connectivity index (χ1v) is 17.3. The lowest BCUT2D eigenvalue weighted by atomic mass is 9.88. The molecule has 0 saturated heterocycles. The van der Waals surface area contributed by atoms with Gasteiger partial charge >= 0.3 is 0 Å². The predicted octanol–water partition coefficient (Wildman–Crippen LogP) is 9.94. The molecule has 1 heterocycles. The Morgan fingerprint density at radius 1 is 0.410 bits per heavy atom. The first-order valence-electron chi connectivity index (χ1n) is 13.8. The van der Waals surface area contributed by atoms with Gasteiger partial charge < -0.3 is 4.57 Å². The minimum atomic E-state index is -1.39. The molecule has 0 atom stereocenters. The Hall–Kier alpha value is -4.40. The van der Waals surface area contributed by atoms with Gasteiger partial charge in [0.15, 0.2) is 0 Å². The highest BCUT2D eigenvalue weighted by molar-refractivity contribution is 6.88. The van der Waals surface area contributed by atoms with Crippen LogP contribution in [0.25, 0.3) is 70.6 Å². The molecule has 0 radical (unpaired) electrons. The van der Waals surface area contributed by atoms with E-state index in [0.29, 0.717) is 0 Å². The molecular weight excluding hydrogens is 487 g/mol. The second kappa shape index (κ2) is 8.05. The number of rotatable bonds is 2. The molecule has 0 aliphatic carbocycles. The molecule has 0 bridgehead atoms. The van der Waals surface area contributed by atoms with Crippen molar-refractivity contribution in [2.24, 2.45) is 0 Å². The zero-order chi connectivity index (χ0) is 26.3. The van der Waals surface area contributed by atoms with Crippen LogP contribution in [-0.4, -0.2) is 12.6 Å². The molecule has 0 spiro atoms. The Balaban J connectivity index is 1.69. The number of hydrogen-bond donors (Lipinski definition) is 0. The van der Waals surface area contributed by atoms with Crippen molar-refractivity contribution in [2.45, 2.75) is 19.6 Å². The molecule has 8 aromatic rings. The van der Waals surface area contributed by atoms with Crippen molar-refractivity contribution < 1.29 is 0 Å². The average Bonchev–Trinajstić information content (AvgIpc) is 3.32. The Bertz CT molecular complexity index is 2250. The summed E-state index contributed by atoms with van der Waals surface area (Å²) >= 11 is 0. The highest BCUT2D eigenvalue weighted by Crippen LogP contribution is 2.47. The topological polar surface area (TPSA) is 4.93 Å². The smallest absolute Gasteiger partial charge is 0.0775 e. The molecule has 8 rings (SSSR count). The molecule has 0 amide bonds. The zero-order valence-corrected chi connectivity index (χ0v) is 23.5. The average molecular weight is 516 g/mol. The summed E-state index contributed by atoms with van der Waals surface area (Å²) in [7, 11) is -1.39. The van der Waals surface area contributed by atoms with Crippen LogP contribution in [0.3, 0.4) is 0 Å². The second-order valence-electron chi connectivity index (χ2n) is 11.8. The van der Waals surface area contributed by atoms with Gasteiger partial charge in [0.25, 0.3) is 0 Å². The minimum absolute atomic E-state index is 1.22. The SMILES string of the molecule is C[Si](C)(C)c1ccc(-n2c3ccccc3c3c4c5ccccc5c5ccccc5c4c4ccccc4c32)cc1. The summed E-state index contributed by atoms with van der Waals surface area (Å²) in [5.74, 6) is 0. The van der Waals surface area contributed by atoms with Gasteiger partial charge in [-0.05, 0) is 50.5 Å². The summed E-state index contributed by atoms with van der Waals surface area (Å²) in [5.41, 5.74) is 3.77. The molecule has 0 aliphatic rings. The van der Waals surface area contributed by atoms with Crippen molar-refractivity contribution in [1.29, 1.82) is 0 Å². The van der Waals surface area contributed by atoms with Crippen molar-refractivity contribution in [2.75, 3.05) is 0 Å². The van der Waals surface area contributed by atoms with Gasteiger partial charge in [-0.2, -0.15) is 0 Å². The highest BCUT2D eigenvalue weighted by Gasteiger charge is 2.22. The van der Waals surface area contributed by atoms with E-state index in [1.807, 2.05) is 0 Å². The molecule has 186 valence electrons. The molecule has 0 saturated carbocycles. The van der Waals surface area contributed by atoms with Crippen molar-refractivity contribution in [3.63, 3.8) is 0 Å². The van der Waals surface area contributed by atoms with Crippen molar-refractivity contribution in [3.05, 3.63) is 121 Å². The number of para-hydroxylation sites is 1. The predicted molar refractivity (Wildman–Crippen MR) is 174 cm³/mol. The summed E-state index contributed by atoms with van der Waals surface area (Å²) in [6.07, 6.45) is 0. The third kappa shape index (κ3) is 3.13. The molecule has 0 N–H and O–H groups in total. The maximum Gasteiger partial charge on any atom is 0.0775 e. The van der Waals surface area contributed by atoms with Crippen LogP contribution < -0.4 is 5.19 Å². The number of nitrogens with zero attached hydrogens (tertiary/aromatic N) is 1. The quantitative estimate of drug-likeness (QED) is 0.159. The van der Waals surface area contributed by atoms with Gasteiger partial charge in [-0.15, -0.1) is 0 Å². The van der Waals surface area contributed by atoms with Gasteiger partial charge in [0, 0.05) is 27.2 Å². The number of fused-ring (bicyclic) bond motifs is 13. The maximum absolute atomic E-state index is 2.50. The van der Waals surface area contributed by atoms with Gasteiger partial charge in [-0.3, -0.25) is 0 Å². The summed E-state index contributed by atoms with van der Waals surface area (Å²) in [4.78, 5) is 0. The van der Waals surface area contributed by atoms with Crippen LogP contribution in [0, 0.1) is 0 Å². The molecule has 0 unspecified atom stereocenters. The van der Waals surface area contributed by atoms with Crippen LogP contribution >= 0.6 is 0 Å². The molecule has 1 aromatic heterocycles. The highest BCUT2D eigenvalue weighted by atomic mass is 28.3. The first-order chi connectivity index (χ1) is 19.0. The van der Waals surface area contributed by atoms with E-state index in [9.17, 15) is 0 Å². The van der Waals surface area contributed by atoms with E-state index in [0.717, 1.165) is 0 Å². The van der Waals surface area contributed by atoms with Gasteiger partial charge in [-0.25, -0.2) is 0 Å². The van der Waals surface area contributed by atoms with E-state index < -0.39 is 8.07 Å². The fourth-order valence-electron chi connectivity index (χ4n) is 6.72. The number of hydrogen-bond acceptors (Lipinski definition) is 0. The normalized spacial score (nSPS) is 12.5. The number of benzene rings is 7. The summed E-state index contributed by atoms with van der Waals surface area (Å²) in [6.45, 7) is 7.24. The van der Waals surface area contributed by atoms with Crippen LogP contribution in [-0.2, 0) is 0 Å². The Morgan fingerprint density at radius 3 is 1.46 bits per heavy atom. The molecule has 0 fully saturated rings. The molecule has 0 aliphatic heterocycles. The molecule has 39 heavy (non-hydrogen) atoms. The Kier molecular flexibility index (Phi) is 4.66. The molecule has 2 heteroatoms. The minimum Gasteiger partial charge on any atom is -0.309 e. The summed E-state index contributed by atoms with van der Waals surface area (Å²) in [5, 5.41) is 14.7. The lowest BCUT2D eigenvalue weighted by molar-refractivity contribution is 1.19.